The van der Waals surface area contributed by atoms with Gasteiger partial charge in [-0.25, -0.2) is 0 Å². The fraction of sp³-hybridized carbons (Fsp3) is 0.571. The standard InChI is InChI=1S/C14H21NO/c1-2-14(16)13-8-9-15(11-13)10-12-6-4-3-5-7-12/h3-7,13-14,16H,2,8-11H2,1H3. The number of hydrogen-bond acceptors (Lipinski definition) is 2. The van der Waals surface area contributed by atoms with Gasteiger partial charge < -0.3 is 5.11 Å². The first-order chi connectivity index (χ1) is 7.79. The van der Waals surface area contributed by atoms with Crippen LogP contribution in [-0.4, -0.2) is 29.2 Å². The van der Waals surface area contributed by atoms with E-state index >= 15 is 0 Å². The summed E-state index contributed by atoms with van der Waals surface area (Å²) in [4.78, 5) is 2.44. The number of rotatable bonds is 4. The number of aliphatic hydroxyl groups excluding tert-OH is 1. The Balaban J connectivity index is 1.85. The number of hydrogen-bond donors (Lipinski definition) is 1. The summed E-state index contributed by atoms with van der Waals surface area (Å²) in [5.74, 6) is 0.480. The zero-order valence-electron chi connectivity index (χ0n) is 9.97. The summed E-state index contributed by atoms with van der Waals surface area (Å²) in [5, 5.41) is 9.81. The maximum absolute atomic E-state index is 9.81. The van der Waals surface area contributed by atoms with Crippen LogP contribution in [0.1, 0.15) is 25.3 Å². The number of likely N-dealkylation sites (tertiary alicyclic amines) is 1. The zero-order chi connectivity index (χ0) is 11.4. The molecule has 1 fully saturated rings. The van der Waals surface area contributed by atoms with Gasteiger partial charge in [0.1, 0.15) is 0 Å². The maximum Gasteiger partial charge on any atom is 0.0578 e. The van der Waals surface area contributed by atoms with Gasteiger partial charge in [0.2, 0.25) is 0 Å². The topological polar surface area (TPSA) is 23.5 Å². The van der Waals surface area contributed by atoms with E-state index in [0.29, 0.717) is 5.92 Å². The van der Waals surface area contributed by atoms with Gasteiger partial charge in [0.05, 0.1) is 6.10 Å². The van der Waals surface area contributed by atoms with Crippen molar-refractivity contribution in [3.8, 4) is 0 Å². The Morgan fingerprint density at radius 3 is 2.81 bits per heavy atom. The summed E-state index contributed by atoms with van der Waals surface area (Å²) < 4.78 is 0. The van der Waals surface area contributed by atoms with Crippen molar-refractivity contribution in [1.82, 2.24) is 4.90 Å². The third-order valence-electron chi connectivity index (χ3n) is 3.52. The number of benzene rings is 1. The Bertz CT molecular complexity index is 312. The van der Waals surface area contributed by atoms with Crippen molar-refractivity contribution in [2.45, 2.75) is 32.4 Å². The van der Waals surface area contributed by atoms with Crippen LogP contribution in [0.4, 0.5) is 0 Å². The zero-order valence-corrected chi connectivity index (χ0v) is 9.97. The predicted molar refractivity (Wildman–Crippen MR) is 66.1 cm³/mol. The third-order valence-corrected chi connectivity index (χ3v) is 3.52. The van der Waals surface area contributed by atoms with Crippen molar-refractivity contribution in [2.75, 3.05) is 13.1 Å². The van der Waals surface area contributed by atoms with E-state index in [1.54, 1.807) is 0 Å². The molecule has 1 saturated heterocycles. The minimum atomic E-state index is -0.110. The molecule has 0 aromatic heterocycles. The molecule has 2 rings (SSSR count). The summed E-state index contributed by atoms with van der Waals surface area (Å²) >= 11 is 0. The van der Waals surface area contributed by atoms with E-state index in [1.807, 2.05) is 0 Å². The fourth-order valence-corrected chi connectivity index (χ4v) is 2.50. The quantitative estimate of drug-likeness (QED) is 0.839. The highest BCUT2D eigenvalue weighted by Crippen LogP contribution is 2.22. The van der Waals surface area contributed by atoms with Gasteiger partial charge in [0.25, 0.3) is 0 Å². The minimum absolute atomic E-state index is 0.110. The van der Waals surface area contributed by atoms with Crippen LogP contribution in [0.5, 0.6) is 0 Å². The molecule has 2 heteroatoms. The molecule has 2 nitrogen and oxygen atoms in total. The molecule has 0 saturated carbocycles. The Morgan fingerprint density at radius 1 is 1.38 bits per heavy atom. The van der Waals surface area contributed by atoms with Crippen LogP contribution in [-0.2, 0) is 6.54 Å². The molecular formula is C14H21NO. The average Bonchev–Trinajstić information content (AvgIpc) is 2.78. The summed E-state index contributed by atoms with van der Waals surface area (Å²) in [6.45, 7) is 5.25. The third kappa shape index (κ3) is 2.83. The van der Waals surface area contributed by atoms with Gasteiger partial charge >= 0.3 is 0 Å². The molecule has 88 valence electrons. The van der Waals surface area contributed by atoms with E-state index in [1.165, 1.54) is 5.56 Å². The van der Waals surface area contributed by atoms with Gasteiger partial charge in [-0.2, -0.15) is 0 Å². The predicted octanol–water partition coefficient (Wildman–Crippen LogP) is 2.28. The fourth-order valence-electron chi connectivity index (χ4n) is 2.50. The molecular weight excluding hydrogens is 198 g/mol. The molecule has 1 aromatic carbocycles. The molecule has 0 radical (unpaired) electrons. The molecule has 0 bridgehead atoms. The summed E-state index contributed by atoms with van der Waals surface area (Å²) in [6.07, 6.45) is 1.91. The minimum Gasteiger partial charge on any atom is -0.393 e. The summed E-state index contributed by atoms with van der Waals surface area (Å²) in [7, 11) is 0. The second kappa shape index (κ2) is 5.46. The van der Waals surface area contributed by atoms with Gasteiger partial charge in [-0.1, -0.05) is 37.3 Å². The van der Waals surface area contributed by atoms with Gasteiger partial charge in [-0.3, -0.25) is 4.90 Å². The molecule has 1 N–H and O–H groups in total. The molecule has 2 atom stereocenters. The second-order valence-electron chi connectivity index (χ2n) is 4.75. The number of nitrogens with zero attached hydrogens (tertiary/aromatic N) is 1. The smallest absolute Gasteiger partial charge is 0.0578 e. The average molecular weight is 219 g/mol. The van der Waals surface area contributed by atoms with Crippen molar-refractivity contribution in [2.24, 2.45) is 5.92 Å². The molecule has 0 aliphatic carbocycles. The lowest BCUT2D eigenvalue weighted by Crippen LogP contribution is -2.25. The Morgan fingerprint density at radius 2 is 2.12 bits per heavy atom. The Labute approximate surface area is 97.9 Å². The van der Waals surface area contributed by atoms with E-state index in [2.05, 4.69) is 42.2 Å². The first kappa shape index (κ1) is 11.6. The van der Waals surface area contributed by atoms with Gasteiger partial charge in [-0.15, -0.1) is 0 Å². The Kier molecular flexibility index (Phi) is 3.97. The highest BCUT2D eigenvalue weighted by molar-refractivity contribution is 5.14. The van der Waals surface area contributed by atoms with Crippen LogP contribution in [0.15, 0.2) is 30.3 Å². The lowest BCUT2D eigenvalue weighted by molar-refractivity contribution is 0.106. The molecule has 0 spiro atoms. The van der Waals surface area contributed by atoms with Crippen LogP contribution in [0, 0.1) is 5.92 Å². The normalized spacial score (nSPS) is 23.5. The lowest BCUT2D eigenvalue weighted by atomic mass is 10.00. The lowest BCUT2D eigenvalue weighted by Gasteiger charge is -2.18. The largest absolute Gasteiger partial charge is 0.393 e. The Hall–Kier alpha value is -0.860. The van der Waals surface area contributed by atoms with Crippen molar-refractivity contribution in [1.29, 1.82) is 0 Å². The van der Waals surface area contributed by atoms with Gasteiger partial charge in [-0.05, 0) is 30.9 Å². The van der Waals surface area contributed by atoms with Gasteiger partial charge in [0.15, 0.2) is 0 Å². The van der Waals surface area contributed by atoms with E-state index in [4.69, 9.17) is 0 Å². The van der Waals surface area contributed by atoms with Crippen LogP contribution < -0.4 is 0 Å². The van der Waals surface area contributed by atoms with E-state index in [0.717, 1.165) is 32.5 Å². The molecule has 1 aliphatic rings. The van der Waals surface area contributed by atoms with Gasteiger partial charge in [0, 0.05) is 13.1 Å². The molecule has 16 heavy (non-hydrogen) atoms. The van der Waals surface area contributed by atoms with Crippen molar-refractivity contribution in [3.63, 3.8) is 0 Å². The van der Waals surface area contributed by atoms with Crippen LogP contribution in [0.3, 0.4) is 0 Å². The van der Waals surface area contributed by atoms with Crippen LogP contribution >= 0.6 is 0 Å². The molecule has 2 unspecified atom stereocenters. The summed E-state index contributed by atoms with van der Waals surface area (Å²) in [6, 6.07) is 10.6. The van der Waals surface area contributed by atoms with Crippen molar-refractivity contribution >= 4 is 0 Å². The first-order valence-electron chi connectivity index (χ1n) is 6.24. The molecule has 1 aliphatic heterocycles. The highest BCUT2D eigenvalue weighted by Gasteiger charge is 2.26. The summed E-state index contributed by atoms with van der Waals surface area (Å²) in [5.41, 5.74) is 1.37. The molecule has 0 amide bonds. The maximum atomic E-state index is 9.81. The second-order valence-corrected chi connectivity index (χ2v) is 4.75. The SMILES string of the molecule is CCC(O)C1CCN(Cc2ccccc2)C1. The van der Waals surface area contributed by atoms with Crippen molar-refractivity contribution in [3.05, 3.63) is 35.9 Å². The van der Waals surface area contributed by atoms with Crippen LogP contribution in [0.25, 0.3) is 0 Å². The van der Waals surface area contributed by atoms with E-state index in [-0.39, 0.29) is 6.10 Å². The highest BCUT2D eigenvalue weighted by atomic mass is 16.3. The monoisotopic (exact) mass is 219 g/mol. The van der Waals surface area contributed by atoms with Crippen molar-refractivity contribution < 1.29 is 5.11 Å². The number of aliphatic hydroxyl groups is 1. The van der Waals surface area contributed by atoms with E-state index in [9.17, 15) is 5.11 Å². The van der Waals surface area contributed by atoms with Crippen LogP contribution in [0.2, 0.25) is 0 Å². The first-order valence-corrected chi connectivity index (χ1v) is 6.24. The molecule has 1 aromatic rings. The van der Waals surface area contributed by atoms with E-state index < -0.39 is 0 Å². The molecule has 1 heterocycles.